The summed E-state index contributed by atoms with van der Waals surface area (Å²) in [5, 5.41) is 2.77. The third-order valence-electron chi connectivity index (χ3n) is 2.38. The summed E-state index contributed by atoms with van der Waals surface area (Å²) in [6, 6.07) is 3.45. The number of aryl methyl sites for hydroxylation is 2. The Morgan fingerprint density at radius 1 is 1.33 bits per heavy atom. The van der Waals surface area contributed by atoms with Gasteiger partial charge in [0.15, 0.2) is 0 Å². The fourth-order valence-electron chi connectivity index (χ4n) is 1.62. The summed E-state index contributed by atoms with van der Waals surface area (Å²) in [6.45, 7) is 6.81. The molecule has 1 N–H and O–H groups in total. The van der Waals surface area contributed by atoms with Gasteiger partial charge in [0.2, 0.25) is 5.91 Å². The van der Waals surface area contributed by atoms with E-state index in [0.717, 1.165) is 5.56 Å². The van der Waals surface area contributed by atoms with E-state index >= 15 is 0 Å². The first-order chi connectivity index (χ1) is 6.91. The van der Waals surface area contributed by atoms with Gasteiger partial charge in [-0.3, -0.25) is 4.79 Å². The van der Waals surface area contributed by atoms with E-state index in [2.05, 4.69) is 5.32 Å². The van der Waals surface area contributed by atoms with Crippen LogP contribution in [0.1, 0.15) is 36.6 Å². The molecule has 0 spiro atoms. The minimum Gasteiger partial charge on any atom is -0.350 e. The minimum absolute atomic E-state index is 0.0814. The fourth-order valence-corrected chi connectivity index (χ4v) is 1.62. The van der Waals surface area contributed by atoms with Crippen LogP contribution in [0.4, 0.5) is 4.39 Å². The van der Waals surface area contributed by atoms with Gasteiger partial charge in [-0.1, -0.05) is 12.1 Å². The van der Waals surface area contributed by atoms with Crippen LogP contribution in [-0.4, -0.2) is 5.91 Å². The van der Waals surface area contributed by atoms with Crippen molar-refractivity contribution in [3.63, 3.8) is 0 Å². The molecule has 0 aliphatic rings. The van der Waals surface area contributed by atoms with E-state index < -0.39 is 0 Å². The topological polar surface area (TPSA) is 29.1 Å². The van der Waals surface area contributed by atoms with Crippen LogP contribution in [0.15, 0.2) is 12.1 Å². The van der Waals surface area contributed by atoms with E-state index in [1.807, 2.05) is 6.92 Å². The van der Waals surface area contributed by atoms with Crippen molar-refractivity contribution in [1.29, 1.82) is 0 Å². The minimum atomic E-state index is -0.172. The van der Waals surface area contributed by atoms with Gasteiger partial charge in [0.1, 0.15) is 5.82 Å². The Kier molecular flexibility index (Phi) is 3.45. The lowest BCUT2D eigenvalue weighted by Crippen LogP contribution is -2.23. The van der Waals surface area contributed by atoms with Crippen LogP contribution in [0.2, 0.25) is 0 Å². The fraction of sp³-hybridized carbons (Fsp3) is 0.417. The summed E-state index contributed by atoms with van der Waals surface area (Å²) in [6.07, 6.45) is 0. The molecular formula is C12H16FNO. The summed E-state index contributed by atoms with van der Waals surface area (Å²) in [7, 11) is 0. The first-order valence-corrected chi connectivity index (χ1v) is 4.95. The highest BCUT2D eigenvalue weighted by Crippen LogP contribution is 2.19. The van der Waals surface area contributed by atoms with Crippen molar-refractivity contribution in [2.24, 2.45) is 0 Å². The van der Waals surface area contributed by atoms with Crippen LogP contribution >= 0.6 is 0 Å². The normalized spacial score (nSPS) is 12.3. The van der Waals surface area contributed by atoms with Gasteiger partial charge in [-0.05, 0) is 37.5 Å². The predicted molar refractivity (Wildman–Crippen MR) is 58.1 cm³/mol. The quantitative estimate of drug-likeness (QED) is 0.797. The van der Waals surface area contributed by atoms with Crippen molar-refractivity contribution in [3.05, 3.63) is 34.6 Å². The van der Waals surface area contributed by atoms with Gasteiger partial charge < -0.3 is 5.32 Å². The van der Waals surface area contributed by atoms with Gasteiger partial charge in [-0.2, -0.15) is 0 Å². The first kappa shape index (κ1) is 11.7. The Balaban J connectivity index is 3.00. The second kappa shape index (κ2) is 4.43. The summed E-state index contributed by atoms with van der Waals surface area (Å²) in [5.74, 6) is -0.254. The van der Waals surface area contributed by atoms with Crippen LogP contribution in [0.3, 0.4) is 0 Å². The zero-order valence-corrected chi connectivity index (χ0v) is 9.52. The summed E-state index contributed by atoms with van der Waals surface area (Å²) >= 11 is 0. The van der Waals surface area contributed by atoms with Crippen molar-refractivity contribution < 1.29 is 9.18 Å². The van der Waals surface area contributed by atoms with Crippen molar-refractivity contribution in [2.75, 3.05) is 0 Å². The van der Waals surface area contributed by atoms with Crippen LogP contribution in [0, 0.1) is 19.7 Å². The van der Waals surface area contributed by atoms with E-state index in [0.29, 0.717) is 11.1 Å². The second-order valence-corrected chi connectivity index (χ2v) is 3.89. The van der Waals surface area contributed by atoms with E-state index in [1.165, 1.54) is 6.92 Å². The highest BCUT2D eigenvalue weighted by atomic mass is 19.1. The molecule has 0 radical (unpaired) electrons. The molecule has 0 heterocycles. The molecule has 1 amide bonds. The smallest absolute Gasteiger partial charge is 0.217 e. The molecule has 1 rings (SSSR count). The molecule has 1 unspecified atom stereocenters. The molecule has 15 heavy (non-hydrogen) atoms. The van der Waals surface area contributed by atoms with E-state index in [4.69, 9.17) is 0 Å². The number of hydrogen-bond donors (Lipinski definition) is 1. The average molecular weight is 209 g/mol. The van der Waals surface area contributed by atoms with Crippen molar-refractivity contribution >= 4 is 5.91 Å². The molecule has 0 aliphatic heterocycles. The monoisotopic (exact) mass is 209 g/mol. The Labute approximate surface area is 89.5 Å². The first-order valence-electron chi connectivity index (χ1n) is 4.95. The van der Waals surface area contributed by atoms with Gasteiger partial charge >= 0.3 is 0 Å². The van der Waals surface area contributed by atoms with Gasteiger partial charge in [0.05, 0.1) is 6.04 Å². The number of rotatable bonds is 2. The average Bonchev–Trinajstić information content (AvgIpc) is 2.12. The lowest BCUT2D eigenvalue weighted by atomic mass is 10.0. The largest absolute Gasteiger partial charge is 0.350 e. The number of amides is 1. The molecule has 1 atom stereocenters. The van der Waals surface area contributed by atoms with E-state index in [9.17, 15) is 9.18 Å². The van der Waals surface area contributed by atoms with Crippen LogP contribution in [0.25, 0.3) is 0 Å². The van der Waals surface area contributed by atoms with E-state index in [1.54, 1.807) is 26.0 Å². The Hall–Kier alpha value is -1.38. The summed E-state index contributed by atoms with van der Waals surface area (Å²) < 4.78 is 13.3. The molecule has 0 aromatic heterocycles. The molecule has 82 valence electrons. The molecular weight excluding hydrogens is 193 g/mol. The van der Waals surface area contributed by atoms with Crippen molar-refractivity contribution in [3.8, 4) is 0 Å². The lowest BCUT2D eigenvalue weighted by molar-refractivity contribution is -0.119. The number of carbonyl (C=O) groups excluding carboxylic acids is 1. The number of halogens is 1. The van der Waals surface area contributed by atoms with Crippen LogP contribution < -0.4 is 5.32 Å². The third kappa shape index (κ3) is 2.78. The van der Waals surface area contributed by atoms with Crippen molar-refractivity contribution in [1.82, 2.24) is 5.32 Å². The standard InChI is InChI=1S/C12H16FNO/c1-7-5-11(6-8(2)12(7)13)9(3)14-10(4)15/h5-6,9H,1-4H3,(H,14,15). The number of carbonyl (C=O) groups is 1. The maximum absolute atomic E-state index is 13.3. The zero-order chi connectivity index (χ0) is 11.6. The van der Waals surface area contributed by atoms with Crippen molar-refractivity contribution in [2.45, 2.75) is 33.7 Å². The maximum atomic E-state index is 13.3. The Morgan fingerprint density at radius 2 is 1.80 bits per heavy atom. The number of nitrogens with one attached hydrogen (secondary N) is 1. The maximum Gasteiger partial charge on any atom is 0.217 e. The van der Waals surface area contributed by atoms with Crippen LogP contribution in [0.5, 0.6) is 0 Å². The Bertz CT molecular complexity index is 364. The molecule has 3 heteroatoms. The molecule has 0 saturated heterocycles. The predicted octanol–water partition coefficient (Wildman–Crippen LogP) is 2.64. The third-order valence-corrected chi connectivity index (χ3v) is 2.38. The molecule has 0 fully saturated rings. The molecule has 1 aromatic rings. The number of benzene rings is 1. The van der Waals surface area contributed by atoms with Gasteiger partial charge in [0, 0.05) is 6.92 Å². The van der Waals surface area contributed by atoms with Gasteiger partial charge in [0.25, 0.3) is 0 Å². The molecule has 0 aliphatic carbocycles. The van der Waals surface area contributed by atoms with Gasteiger partial charge in [-0.15, -0.1) is 0 Å². The SMILES string of the molecule is CC(=O)NC(C)c1cc(C)c(F)c(C)c1. The van der Waals surface area contributed by atoms with E-state index in [-0.39, 0.29) is 17.8 Å². The molecule has 1 aromatic carbocycles. The molecule has 0 bridgehead atoms. The summed E-state index contributed by atoms with van der Waals surface area (Å²) in [4.78, 5) is 10.9. The molecule has 2 nitrogen and oxygen atoms in total. The van der Waals surface area contributed by atoms with Gasteiger partial charge in [-0.25, -0.2) is 4.39 Å². The highest BCUT2D eigenvalue weighted by molar-refractivity contribution is 5.73. The zero-order valence-electron chi connectivity index (χ0n) is 9.52. The Morgan fingerprint density at radius 3 is 2.20 bits per heavy atom. The summed E-state index contributed by atoms with van der Waals surface area (Å²) in [5.41, 5.74) is 2.16. The van der Waals surface area contributed by atoms with Crippen LogP contribution in [-0.2, 0) is 4.79 Å². The second-order valence-electron chi connectivity index (χ2n) is 3.89. The molecule has 0 saturated carbocycles. The lowest BCUT2D eigenvalue weighted by Gasteiger charge is -2.15. The highest BCUT2D eigenvalue weighted by Gasteiger charge is 2.10. The number of hydrogen-bond acceptors (Lipinski definition) is 1.